The van der Waals surface area contributed by atoms with Crippen LogP contribution in [0, 0.1) is 0 Å². The van der Waals surface area contributed by atoms with Gasteiger partial charge in [-0.25, -0.2) is 0 Å². The molecular formula is C15H19F3N2O. The third kappa shape index (κ3) is 4.20. The van der Waals surface area contributed by atoms with Crippen molar-refractivity contribution in [2.24, 2.45) is 0 Å². The summed E-state index contributed by atoms with van der Waals surface area (Å²) in [5.74, 6) is -0.184. The zero-order valence-corrected chi connectivity index (χ0v) is 11.9. The van der Waals surface area contributed by atoms with Gasteiger partial charge in [-0.15, -0.1) is 0 Å². The number of anilines is 1. The summed E-state index contributed by atoms with van der Waals surface area (Å²) in [7, 11) is 0. The fourth-order valence-corrected chi connectivity index (χ4v) is 2.46. The minimum absolute atomic E-state index is 0.184. The number of nitrogens with one attached hydrogen (secondary N) is 1. The van der Waals surface area contributed by atoms with E-state index in [9.17, 15) is 18.0 Å². The zero-order valence-electron chi connectivity index (χ0n) is 11.9. The number of hydrogen-bond acceptors (Lipinski definition) is 2. The van der Waals surface area contributed by atoms with E-state index >= 15 is 0 Å². The summed E-state index contributed by atoms with van der Waals surface area (Å²) in [5, 5.41) is 2.67. The minimum atomic E-state index is -4.36. The van der Waals surface area contributed by atoms with Gasteiger partial charge in [0.2, 0.25) is 5.91 Å². The SMILES string of the molecule is C[C@@H](C(=O)Nc1ccc(C(F)(F)F)cc1)N1CCCCC1. The smallest absolute Gasteiger partial charge is 0.325 e. The molecule has 1 aliphatic rings. The lowest BCUT2D eigenvalue weighted by atomic mass is 10.1. The lowest BCUT2D eigenvalue weighted by Gasteiger charge is -2.31. The average molecular weight is 300 g/mol. The Morgan fingerprint density at radius 3 is 2.24 bits per heavy atom. The molecule has 1 atom stereocenters. The number of hydrogen-bond donors (Lipinski definition) is 1. The number of amides is 1. The van der Waals surface area contributed by atoms with Crippen molar-refractivity contribution in [3.05, 3.63) is 29.8 Å². The zero-order chi connectivity index (χ0) is 15.5. The predicted molar refractivity (Wildman–Crippen MR) is 75.0 cm³/mol. The maximum Gasteiger partial charge on any atom is 0.416 e. The highest BCUT2D eigenvalue weighted by atomic mass is 19.4. The molecule has 0 bridgehead atoms. The van der Waals surface area contributed by atoms with Gasteiger partial charge in [-0.3, -0.25) is 9.69 Å². The van der Waals surface area contributed by atoms with Crippen LogP contribution in [0.1, 0.15) is 31.7 Å². The van der Waals surface area contributed by atoms with E-state index in [1.54, 1.807) is 0 Å². The number of likely N-dealkylation sites (tertiary alicyclic amines) is 1. The molecule has 116 valence electrons. The van der Waals surface area contributed by atoms with Crippen molar-refractivity contribution in [2.45, 2.75) is 38.4 Å². The third-order valence-electron chi connectivity index (χ3n) is 3.80. The number of carbonyl (C=O) groups excluding carboxylic acids is 1. The van der Waals surface area contributed by atoms with Crippen molar-refractivity contribution in [3.63, 3.8) is 0 Å². The van der Waals surface area contributed by atoms with E-state index in [0.717, 1.165) is 38.1 Å². The molecule has 1 aromatic carbocycles. The Morgan fingerprint density at radius 2 is 1.71 bits per heavy atom. The highest BCUT2D eigenvalue weighted by Gasteiger charge is 2.30. The van der Waals surface area contributed by atoms with Gasteiger partial charge in [0.15, 0.2) is 0 Å². The molecular weight excluding hydrogens is 281 g/mol. The second-order valence-electron chi connectivity index (χ2n) is 5.34. The van der Waals surface area contributed by atoms with E-state index in [4.69, 9.17) is 0 Å². The summed E-state index contributed by atoms with van der Waals surface area (Å²) in [5.41, 5.74) is -0.332. The number of rotatable bonds is 3. The fourth-order valence-electron chi connectivity index (χ4n) is 2.46. The summed E-state index contributed by atoms with van der Waals surface area (Å²) in [6.45, 7) is 3.61. The second-order valence-corrected chi connectivity index (χ2v) is 5.34. The molecule has 1 heterocycles. The van der Waals surface area contributed by atoms with Crippen LogP contribution in [-0.4, -0.2) is 29.9 Å². The minimum Gasteiger partial charge on any atom is -0.325 e. The molecule has 6 heteroatoms. The number of benzene rings is 1. The Bertz CT molecular complexity index is 479. The predicted octanol–water partition coefficient (Wildman–Crippen LogP) is 3.52. The number of alkyl halides is 3. The molecule has 1 aromatic rings. The summed E-state index contributed by atoms with van der Waals surface area (Å²) in [6.07, 6.45) is -1.01. The molecule has 0 unspecified atom stereocenters. The topological polar surface area (TPSA) is 32.3 Å². The van der Waals surface area contributed by atoms with Gasteiger partial charge >= 0.3 is 6.18 Å². The lowest BCUT2D eigenvalue weighted by molar-refractivity contribution is -0.137. The Hall–Kier alpha value is -1.56. The van der Waals surface area contributed by atoms with Crippen LogP contribution in [-0.2, 0) is 11.0 Å². The molecule has 1 saturated heterocycles. The molecule has 3 nitrogen and oxygen atoms in total. The van der Waals surface area contributed by atoms with Gasteiger partial charge in [-0.1, -0.05) is 6.42 Å². The summed E-state index contributed by atoms with van der Waals surface area (Å²) < 4.78 is 37.4. The van der Waals surface area contributed by atoms with Crippen molar-refractivity contribution >= 4 is 11.6 Å². The first-order valence-corrected chi connectivity index (χ1v) is 7.10. The van der Waals surface area contributed by atoms with E-state index in [1.165, 1.54) is 18.6 Å². The standard InChI is InChI=1S/C15H19F3N2O/c1-11(20-9-3-2-4-10-20)14(21)19-13-7-5-12(6-8-13)15(16,17)18/h5-8,11H,2-4,9-10H2,1H3,(H,19,21)/t11-/m0/s1. The average Bonchev–Trinajstić information content (AvgIpc) is 2.47. The number of nitrogens with zero attached hydrogens (tertiary/aromatic N) is 1. The third-order valence-corrected chi connectivity index (χ3v) is 3.80. The van der Waals surface area contributed by atoms with E-state index in [-0.39, 0.29) is 11.9 Å². The van der Waals surface area contributed by atoms with Crippen molar-refractivity contribution in [2.75, 3.05) is 18.4 Å². The second kappa shape index (κ2) is 6.47. The first-order chi connectivity index (χ1) is 9.88. The highest BCUT2D eigenvalue weighted by Crippen LogP contribution is 2.29. The van der Waals surface area contributed by atoms with Crippen molar-refractivity contribution < 1.29 is 18.0 Å². The Morgan fingerprint density at radius 1 is 1.14 bits per heavy atom. The van der Waals surface area contributed by atoms with Crippen LogP contribution in [0.25, 0.3) is 0 Å². The Balaban J connectivity index is 1.95. The van der Waals surface area contributed by atoms with Crippen LogP contribution in [0.2, 0.25) is 0 Å². The van der Waals surface area contributed by atoms with Crippen LogP contribution in [0.15, 0.2) is 24.3 Å². The van der Waals surface area contributed by atoms with E-state index in [1.807, 2.05) is 6.92 Å². The molecule has 0 saturated carbocycles. The highest BCUT2D eigenvalue weighted by molar-refractivity contribution is 5.94. The van der Waals surface area contributed by atoms with Crippen molar-refractivity contribution in [1.82, 2.24) is 4.90 Å². The van der Waals surface area contributed by atoms with Gasteiger partial charge in [0, 0.05) is 5.69 Å². The summed E-state index contributed by atoms with van der Waals surface area (Å²) >= 11 is 0. The number of carbonyl (C=O) groups is 1. The first kappa shape index (κ1) is 15.8. The van der Waals surface area contributed by atoms with E-state index < -0.39 is 11.7 Å². The van der Waals surface area contributed by atoms with Crippen molar-refractivity contribution in [3.8, 4) is 0 Å². The molecule has 0 spiro atoms. The summed E-state index contributed by atoms with van der Waals surface area (Å²) in [4.78, 5) is 14.2. The molecule has 0 aliphatic carbocycles. The van der Waals surface area contributed by atoms with Gasteiger partial charge in [0.25, 0.3) is 0 Å². The van der Waals surface area contributed by atoms with Gasteiger partial charge < -0.3 is 5.32 Å². The van der Waals surface area contributed by atoms with Gasteiger partial charge in [0.1, 0.15) is 0 Å². The molecule has 0 aromatic heterocycles. The maximum absolute atomic E-state index is 12.5. The van der Waals surface area contributed by atoms with E-state index in [0.29, 0.717) is 5.69 Å². The van der Waals surface area contributed by atoms with Crippen LogP contribution >= 0.6 is 0 Å². The molecule has 1 N–H and O–H groups in total. The van der Waals surface area contributed by atoms with Crippen LogP contribution in [0.3, 0.4) is 0 Å². The van der Waals surface area contributed by atoms with Crippen LogP contribution < -0.4 is 5.32 Å². The van der Waals surface area contributed by atoms with Crippen LogP contribution in [0.5, 0.6) is 0 Å². The molecule has 1 fully saturated rings. The number of piperidine rings is 1. The van der Waals surface area contributed by atoms with E-state index in [2.05, 4.69) is 10.2 Å². The summed E-state index contributed by atoms with van der Waals surface area (Å²) in [6, 6.07) is 4.24. The maximum atomic E-state index is 12.5. The van der Waals surface area contributed by atoms with Crippen molar-refractivity contribution in [1.29, 1.82) is 0 Å². The molecule has 2 rings (SSSR count). The molecule has 1 amide bonds. The Kier molecular flexibility index (Phi) is 4.88. The monoisotopic (exact) mass is 300 g/mol. The normalized spacial score (nSPS) is 18.3. The fraction of sp³-hybridized carbons (Fsp3) is 0.533. The molecule has 1 aliphatic heterocycles. The largest absolute Gasteiger partial charge is 0.416 e. The van der Waals surface area contributed by atoms with Gasteiger partial charge in [-0.05, 0) is 57.1 Å². The van der Waals surface area contributed by atoms with Gasteiger partial charge in [-0.2, -0.15) is 13.2 Å². The van der Waals surface area contributed by atoms with Gasteiger partial charge in [0.05, 0.1) is 11.6 Å². The number of halogens is 3. The van der Waals surface area contributed by atoms with Crippen LogP contribution in [0.4, 0.5) is 18.9 Å². The molecule has 0 radical (unpaired) electrons. The quantitative estimate of drug-likeness (QED) is 0.926. The lowest BCUT2D eigenvalue weighted by Crippen LogP contribution is -2.44. The Labute approximate surface area is 122 Å². The first-order valence-electron chi connectivity index (χ1n) is 7.10. The molecule has 21 heavy (non-hydrogen) atoms.